The maximum Gasteiger partial charge on any atom is 0.0998 e. The van der Waals surface area contributed by atoms with Gasteiger partial charge in [-0.3, -0.25) is 0 Å². The van der Waals surface area contributed by atoms with Crippen molar-refractivity contribution in [3.05, 3.63) is 59.2 Å². The summed E-state index contributed by atoms with van der Waals surface area (Å²) in [6.45, 7) is 4.50. The number of hydrogen-bond acceptors (Lipinski definition) is 3. The van der Waals surface area contributed by atoms with E-state index in [9.17, 15) is 5.26 Å². The first-order valence-electron chi connectivity index (χ1n) is 6.79. The minimum Gasteiger partial charge on any atom is -0.374 e. The molecule has 3 nitrogen and oxygen atoms in total. The van der Waals surface area contributed by atoms with Gasteiger partial charge in [0.15, 0.2) is 0 Å². The van der Waals surface area contributed by atoms with E-state index in [4.69, 9.17) is 10.00 Å². The standard InChI is InChI=1S/C18H16N2O/c1-13(2)21-12-15-5-8-17(11-20)18(9-15)16-6-3-14(10-19)4-7-16/h3-9,13H,12H2,1-2H3. The lowest BCUT2D eigenvalue weighted by molar-refractivity contribution is 0.0657. The molecule has 0 unspecified atom stereocenters. The topological polar surface area (TPSA) is 56.8 Å². The Hall–Kier alpha value is -2.62. The molecule has 0 aromatic heterocycles. The summed E-state index contributed by atoms with van der Waals surface area (Å²) in [5.74, 6) is 0. The average molecular weight is 276 g/mol. The number of ether oxygens (including phenoxy) is 1. The molecule has 0 aliphatic carbocycles. The zero-order valence-corrected chi connectivity index (χ0v) is 12.1. The lowest BCUT2D eigenvalue weighted by Gasteiger charge is -2.10. The molecule has 2 rings (SSSR count). The van der Waals surface area contributed by atoms with Crippen LogP contribution in [0.15, 0.2) is 42.5 Å². The Kier molecular flexibility index (Phi) is 4.72. The largest absolute Gasteiger partial charge is 0.374 e. The number of benzene rings is 2. The van der Waals surface area contributed by atoms with Crippen LogP contribution in [0, 0.1) is 22.7 Å². The SMILES string of the molecule is CC(C)OCc1ccc(C#N)c(-c2ccc(C#N)cc2)c1. The molecule has 0 aliphatic heterocycles. The van der Waals surface area contributed by atoms with Crippen LogP contribution in [0.3, 0.4) is 0 Å². The number of hydrogen-bond donors (Lipinski definition) is 0. The van der Waals surface area contributed by atoms with Crippen LogP contribution in [0.25, 0.3) is 11.1 Å². The van der Waals surface area contributed by atoms with E-state index in [-0.39, 0.29) is 6.10 Å². The molecule has 104 valence electrons. The molecule has 0 spiro atoms. The van der Waals surface area contributed by atoms with Gasteiger partial charge >= 0.3 is 0 Å². The lowest BCUT2D eigenvalue weighted by atomic mass is 9.97. The van der Waals surface area contributed by atoms with Crippen LogP contribution in [0.5, 0.6) is 0 Å². The second-order valence-corrected chi connectivity index (χ2v) is 5.04. The van der Waals surface area contributed by atoms with Crippen molar-refractivity contribution < 1.29 is 4.74 Å². The fourth-order valence-electron chi connectivity index (χ4n) is 2.00. The van der Waals surface area contributed by atoms with Gasteiger partial charge in [0.2, 0.25) is 0 Å². The molecule has 0 amide bonds. The van der Waals surface area contributed by atoms with Gasteiger partial charge in [-0.2, -0.15) is 10.5 Å². The van der Waals surface area contributed by atoms with Gasteiger partial charge in [-0.1, -0.05) is 18.2 Å². The van der Waals surface area contributed by atoms with Crippen molar-refractivity contribution in [3.8, 4) is 23.3 Å². The highest BCUT2D eigenvalue weighted by molar-refractivity contribution is 5.71. The molecule has 0 N–H and O–H groups in total. The molecule has 0 fully saturated rings. The maximum atomic E-state index is 9.26. The van der Waals surface area contributed by atoms with Crippen molar-refractivity contribution in [2.24, 2.45) is 0 Å². The monoisotopic (exact) mass is 276 g/mol. The molecule has 0 bridgehead atoms. The van der Waals surface area contributed by atoms with Crippen LogP contribution in [-0.4, -0.2) is 6.10 Å². The van der Waals surface area contributed by atoms with Crippen LogP contribution in [0.2, 0.25) is 0 Å². The van der Waals surface area contributed by atoms with Gasteiger partial charge in [-0.25, -0.2) is 0 Å². The van der Waals surface area contributed by atoms with E-state index in [1.165, 1.54) is 0 Å². The fraction of sp³-hybridized carbons (Fsp3) is 0.222. The van der Waals surface area contributed by atoms with E-state index in [2.05, 4.69) is 12.1 Å². The summed E-state index contributed by atoms with van der Waals surface area (Å²) in [6, 6.07) is 17.2. The first-order valence-corrected chi connectivity index (χ1v) is 6.79. The first-order chi connectivity index (χ1) is 10.1. The normalized spacial score (nSPS) is 10.1. The molecule has 2 aromatic rings. The zero-order chi connectivity index (χ0) is 15.2. The van der Waals surface area contributed by atoms with Gasteiger partial charge in [0, 0.05) is 0 Å². The van der Waals surface area contributed by atoms with Crippen LogP contribution in [-0.2, 0) is 11.3 Å². The Bertz CT molecular complexity index is 703. The van der Waals surface area contributed by atoms with E-state index in [0.29, 0.717) is 17.7 Å². The highest BCUT2D eigenvalue weighted by Gasteiger charge is 2.07. The van der Waals surface area contributed by atoms with Crippen LogP contribution in [0.1, 0.15) is 30.5 Å². The van der Waals surface area contributed by atoms with Gasteiger partial charge in [0.05, 0.1) is 36.0 Å². The summed E-state index contributed by atoms with van der Waals surface area (Å²) in [4.78, 5) is 0. The highest BCUT2D eigenvalue weighted by Crippen LogP contribution is 2.25. The number of rotatable bonds is 4. The number of nitriles is 2. The van der Waals surface area contributed by atoms with Crippen LogP contribution in [0.4, 0.5) is 0 Å². The van der Waals surface area contributed by atoms with E-state index >= 15 is 0 Å². The van der Waals surface area contributed by atoms with Crippen molar-refractivity contribution >= 4 is 0 Å². The van der Waals surface area contributed by atoms with Gasteiger partial charge in [0.25, 0.3) is 0 Å². The van der Waals surface area contributed by atoms with Gasteiger partial charge < -0.3 is 4.74 Å². The summed E-state index contributed by atoms with van der Waals surface area (Å²) in [7, 11) is 0. The molecule has 0 atom stereocenters. The Morgan fingerprint density at radius 3 is 2.29 bits per heavy atom. The van der Waals surface area contributed by atoms with Crippen LogP contribution < -0.4 is 0 Å². The van der Waals surface area contributed by atoms with Crippen molar-refractivity contribution in [2.45, 2.75) is 26.6 Å². The van der Waals surface area contributed by atoms with Gasteiger partial charge in [-0.15, -0.1) is 0 Å². The minimum absolute atomic E-state index is 0.166. The summed E-state index contributed by atoms with van der Waals surface area (Å²) in [5, 5.41) is 18.1. The third-order valence-corrected chi connectivity index (χ3v) is 3.11. The Morgan fingerprint density at radius 1 is 1.00 bits per heavy atom. The van der Waals surface area contributed by atoms with Gasteiger partial charge in [-0.05, 0) is 54.8 Å². The zero-order valence-electron chi connectivity index (χ0n) is 12.1. The summed E-state index contributed by atoms with van der Waals surface area (Å²) >= 11 is 0. The summed E-state index contributed by atoms with van der Waals surface area (Å²) in [5.41, 5.74) is 4.05. The third-order valence-electron chi connectivity index (χ3n) is 3.11. The molecular formula is C18H16N2O. The Labute approximate surface area is 125 Å². The summed E-state index contributed by atoms with van der Waals surface area (Å²) < 4.78 is 5.60. The van der Waals surface area contributed by atoms with E-state index in [0.717, 1.165) is 16.7 Å². The molecule has 0 radical (unpaired) electrons. The molecule has 0 aliphatic rings. The maximum absolute atomic E-state index is 9.26. The fourth-order valence-corrected chi connectivity index (χ4v) is 2.00. The second kappa shape index (κ2) is 6.70. The molecule has 2 aromatic carbocycles. The Balaban J connectivity index is 2.37. The quantitative estimate of drug-likeness (QED) is 0.847. The first kappa shape index (κ1) is 14.8. The van der Waals surface area contributed by atoms with Crippen LogP contribution >= 0.6 is 0 Å². The predicted octanol–water partition coefficient (Wildman–Crippen LogP) is 4.02. The van der Waals surface area contributed by atoms with Crippen molar-refractivity contribution in [1.82, 2.24) is 0 Å². The highest BCUT2D eigenvalue weighted by atomic mass is 16.5. The summed E-state index contributed by atoms with van der Waals surface area (Å²) in [6.07, 6.45) is 0.166. The van der Waals surface area contributed by atoms with E-state index in [1.807, 2.05) is 44.2 Å². The molecule has 21 heavy (non-hydrogen) atoms. The van der Waals surface area contributed by atoms with Gasteiger partial charge in [0.1, 0.15) is 0 Å². The predicted molar refractivity (Wildman–Crippen MR) is 81.2 cm³/mol. The van der Waals surface area contributed by atoms with Crippen molar-refractivity contribution in [2.75, 3.05) is 0 Å². The Morgan fingerprint density at radius 2 is 1.71 bits per heavy atom. The van der Waals surface area contributed by atoms with Crippen molar-refractivity contribution in [3.63, 3.8) is 0 Å². The van der Waals surface area contributed by atoms with E-state index in [1.54, 1.807) is 12.1 Å². The van der Waals surface area contributed by atoms with E-state index < -0.39 is 0 Å². The molecule has 0 heterocycles. The van der Waals surface area contributed by atoms with Crippen molar-refractivity contribution in [1.29, 1.82) is 10.5 Å². The second-order valence-electron chi connectivity index (χ2n) is 5.04. The lowest BCUT2D eigenvalue weighted by Crippen LogP contribution is -2.02. The smallest absolute Gasteiger partial charge is 0.0998 e. The average Bonchev–Trinajstić information content (AvgIpc) is 2.52. The molecule has 0 saturated carbocycles. The minimum atomic E-state index is 0.166. The number of nitrogens with zero attached hydrogens (tertiary/aromatic N) is 2. The molecule has 3 heteroatoms. The molecule has 0 saturated heterocycles. The third kappa shape index (κ3) is 3.69. The molecular weight excluding hydrogens is 260 g/mol.